The number of carbonyl (C=O) groups is 3. The van der Waals surface area contributed by atoms with Gasteiger partial charge in [0.2, 0.25) is 17.7 Å². The van der Waals surface area contributed by atoms with Gasteiger partial charge in [-0.3, -0.25) is 19.3 Å². The van der Waals surface area contributed by atoms with E-state index >= 15 is 0 Å². The fraction of sp³-hybridized carbons (Fsp3) is 0.500. The van der Waals surface area contributed by atoms with E-state index in [1.165, 1.54) is 4.90 Å². The Morgan fingerprint density at radius 2 is 1.69 bits per heavy atom. The minimum absolute atomic E-state index is 0.0722. The Morgan fingerprint density at radius 1 is 1.03 bits per heavy atom. The van der Waals surface area contributed by atoms with E-state index < -0.39 is 5.79 Å². The molecule has 1 aromatic carbocycles. The van der Waals surface area contributed by atoms with E-state index in [0.717, 1.165) is 25.7 Å². The van der Waals surface area contributed by atoms with Gasteiger partial charge >= 0.3 is 0 Å². The summed E-state index contributed by atoms with van der Waals surface area (Å²) in [6.07, 6.45) is 9.12. The summed E-state index contributed by atoms with van der Waals surface area (Å²) in [5, 5.41) is 2.83. The van der Waals surface area contributed by atoms with Crippen molar-refractivity contribution in [1.82, 2.24) is 4.90 Å². The molecule has 2 fully saturated rings. The van der Waals surface area contributed by atoms with Crippen molar-refractivity contribution in [3.05, 3.63) is 30.4 Å². The number of allylic oxidation sites excluding steroid dienone is 2. The summed E-state index contributed by atoms with van der Waals surface area (Å²) < 4.78 is 12.0. The Balaban J connectivity index is 1.18. The molecule has 0 radical (unpaired) electrons. The minimum atomic E-state index is -0.535. The van der Waals surface area contributed by atoms with Gasteiger partial charge in [0.1, 0.15) is 0 Å². The highest BCUT2D eigenvalue weighted by molar-refractivity contribution is 6.05. The molecular formula is C22H24N2O5. The van der Waals surface area contributed by atoms with Crippen molar-refractivity contribution in [3.63, 3.8) is 0 Å². The van der Waals surface area contributed by atoms with E-state index in [9.17, 15) is 14.4 Å². The number of anilines is 1. The van der Waals surface area contributed by atoms with Gasteiger partial charge in [-0.25, -0.2) is 0 Å². The van der Waals surface area contributed by atoms with Gasteiger partial charge in [0.15, 0.2) is 11.5 Å². The van der Waals surface area contributed by atoms with E-state index in [1.807, 2.05) is 18.2 Å². The first-order valence-electron chi connectivity index (χ1n) is 10.4. The van der Waals surface area contributed by atoms with Crippen LogP contribution in [0.5, 0.6) is 11.5 Å². The smallest absolute Gasteiger partial charge is 0.251 e. The van der Waals surface area contributed by atoms with Gasteiger partial charge in [-0.2, -0.15) is 0 Å². The molecular weight excluding hydrogens is 372 g/mol. The summed E-state index contributed by atoms with van der Waals surface area (Å²) in [4.78, 5) is 38.6. The molecule has 29 heavy (non-hydrogen) atoms. The van der Waals surface area contributed by atoms with Crippen LogP contribution in [0.25, 0.3) is 0 Å². The normalized spacial score (nSPS) is 26.3. The number of carbonyl (C=O) groups excluding carboxylic acids is 3. The fourth-order valence-corrected chi connectivity index (χ4v) is 4.82. The highest BCUT2D eigenvalue weighted by Crippen LogP contribution is 2.47. The molecule has 3 amide bonds. The van der Waals surface area contributed by atoms with Crippen molar-refractivity contribution < 1.29 is 23.9 Å². The highest BCUT2D eigenvalue weighted by atomic mass is 16.7. The monoisotopic (exact) mass is 396 g/mol. The van der Waals surface area contributed by atoms with Crippen LogP contribution in [0.15, 0.2) is 30.4 Å². The SMILES string of the molecule is O=C(CCN1C(=O)C2CC=CCC2C1=O)Nc1ccc2c(c1)OC1(CCCC1)O2. The number of nitrogens with zero attached hydrogens (tertiary/aromatic N) is 1. The average molecular weight is 396 g/mol. The molecule has 7 nitrogen and oxygen atoms in total. The lowest BCUT2D eigenvalue weighted by Gasteiger charge is -2.21. The summed E-state index contributed by atoms with van der Waals surface area (Å²) in [6.45, 7) is 0.115. The predicted molar refractivity (Wildman–Crippen MR) is 104 cm³/mol. The average Bonchev–Trinajstić information content (AvgIpc) is 3.38. The van der Waals surface area contributed by atoms with Gasteiger partial charge < -0.3 is 14.8 Å². The molecule has 0 bridgehead atoms. The molecule has 1 N–H and O–H groups in total. The molecule has 5 rings (SSSR count). The van der Waals surface area contributed by atoms with Gasteiger partial charge in [0.05, 0.1) is 11.8 Å². The number of likely N-dealkylation sites (tertiary alicyclic amines) is 1. The van der Waals surface area contributed by atoms with Crippen molar-refractivity contribution in [1.29, 1.82) is 0 Å². The van der Waals surface area contributed by atoms with Crippen LogP contribution >= 0.6 is 0 Å². The predicted octanol–water partition coefficient (Wildman–Crippen LogP) is 3.01. The Kier molecular flexibility index (Phi) is 4.33. The first-order chi connectivity index (χ1) is 14.0. The molecule has 2 unspecified atom stereocenters. The molecule has 4 aliphatic rings. The largest absolute Gasteiger partial charge is 0.448 e. The van der Waals surface area contributed by atoms with Gasteiger partial charge in [0, 0.05) is 37.6 Å². The summed E-state index contributed by atoms with van der Waals surface area (Å²) in [5.74, 6) is -0.245. The molecule has 0 aromatic heterocycles. The maximum atomic E-state index is 12.5. The second-order valence-corrected chi connectivity index (χ2v) is 8.27. The number of nitrogens with one attached hydrogen (secondary N) is 1. The van der Waals surface area contributed by atoms with Gasteiger partial charge in [-0.1, -0.05) is 12.2 Å². The van der Waals surface area contributed by atoms with E-state index in [0.29, 0.717) is 30.0 Å². The fourth-order valence-electron chi connectivity index (χ4n) is 4.82. The van der Waals surface area contributed by atoms with E-state index in [-0.39, 0.29) is 42.5 Å². The Bertz CT molecular complexity index is 876. The molecule has 2 heterocycles. The Morgan fingerprint density at radius 3 is 2.38 bits per heavy atom. The Hall–Kier alpha value is -2.83. The van der Waals surface area contributed by atoms with Gasteiger partial charge in [-0.15, -0.1) is 0 Å². The zero-order valence-corrected chi connectivity index (χ0v) is 16.2. The second kappa shape index (κ2) is 6.90. The van der Waals surface area contributed by atoms with Crippen LogP contribution in [0.4, 0.5) is 5.69 Å². The van der Waals surface area contributed by atoms with Crippen LogP contribution in [0, 0.1) is 11.8 Å². The zero-order chi connectivity index (χ0) is 20.0. The lowest BCUT2D eigenvalue weighted by molar-refractivity contribution is -0.140. The number of hydrogen-bond donors (Lipinski definition) is 1. The van der Waals surface area contributed by atoms with Crippen LogP contribution in [0.2, 0.25) is 0 Å². The zero-order valence-electron chi connectivity index (χ0n) is 16.2. The van der Waals surface area contributed by atoms with Crippen molar-refractivity contribution >= 4 is 23.4 Å². The first kappa shape index (κ1) is 18.2. The Labute approximate surface area is 169 Å². The van der Waals surface area contributed by atoms with E-state index in [1.54, 1.807) is 12.1 Å². The number of fused-ring (bicyclic) bond motifs is 2. The van der Waals surface area contributed by atoms with Crippen LogP contribution in [0.1, 0.15) is 44.9 Å². The van der Waals surface area contributed by atoms with Crippen molar-refractivity contribution in [2.75, 3.05) is 11.9 Å². The quantitative estimate of drug-likeness (QED) is 0.625. The number of hydrogen-bond acceptors (Lipinski definition) is 5. The van der Waals surface area contributed by atoms with Crippen molar-refractivity contribution in [3.8, 4) is 11.5 Å². The lowest BCUT2D eigenvalue weighted by Crippen LogP contribution is -2.34. The summed E-state index contributed by atoms with van der Waals surface area (Å²) >= 11 is 0. The van der Waals surface area contributed by atoms with E-state index in [4.69, 9.17) is 9.47 Å². The standard InChI is InChI=1S/C22H24N2O5/c25-19(9-12-24-20(26)15-5-1-2-6-16(15)21(24)27)23-14-7-8-17-18(13-14)29-22(28-17)10-3-4-11-22/h1-2,7-8,13,15-16H,3-6,9-12H2,(H,23,25). The third kappa shape index (κ3) is 3.18. The molecule has 2 atom stereocenters. The van der Waals surface area contributed by atoms with Crippen molar-refractivity contribution in [2.24, 2.45) is 11.8 Å². The maximum Gasteiger partial charge on any atom is 0.251 e. The lowest BCUT2D eigenvalue weighted by atomic mass is 9.85. The first-order valence-corrected chi connectivity index (χ1v) is 10.4. The third-order valence-electron chi connectivity index (χ3n) is 6.35. The number of ether oxygens (including phenoxy) is 2. The molecule has 152 valence electrons. The minimum Gasteiger partial charge on any atom is -0.448 e. The van der Waals surface area contributed by atoms with Crippen LogP contribution in [0.3, 0.4) is 0 Å². The molecule has 1 spiro atoms. The molecule has 1 aromatic rings. The van der Waals surface area contributed by atoms with E-state index in [2.05, 4.69) is 5.32 Å². The number of benzene rings is 1. The number of amides is 3. The highest BCUT2D eigenvalue weighted by Gasteiger charge is 2.47. The molecule has 1 saturated carbocycles. The topological polar surface area (TPSA) is 84.9 Å². The van der Waals surface area contributed by atoms with Crippen molar-refractivity contribution in [2.45, 2.75) is 50.7 Å². The summed E-state index contributed by atoms with van der Waals surface area (Å²) in [6, 6.07) is 5.36. The maximum absolute atomic E-state index is 12.5. The molecule has 7 heteroatoms. The number of rotatable bonds is 4. The van der Waals surface area contributed by atoms with Gasteiger partial charge in [0.25, 0.3) is 5.79 Å². The third-order valence-corrected chi connectivity index (χ3v) is 6.35. The molecule has 2 aliphatic carbocycles. The summed E-state index contributed by atoms with van der Waals surface area (Å²) in [5.41, 5.74) is 0.615. The molecule has 1 saturated heterocycles. The van der Waals surface area contributed by atoms with Crippen LogP contribution in [-0.2, 0) is 14.4 Å². The van der Waals surface area contributed by atoms with Crippen LogP contribution in [-0.4, -0.2) is 35.0 Å². The summed E-state index contributed by atoms with van der Waals surface area (Å²) in [7, 11) is 0. The molecule has 2 aliphatic heterocycles. The second-order valence-electron chi connectivity index (χ2n) is 8.27. The van der Waals surface area contributed by atoms with Gasteiger partial charge in [-0.05, 0) is 37.8 Å². The number of imide groups is 1. The van der Waals surface area contributed by atoms with Crippen LogP contribution < -0.4 is 14.8 Å².